The Labute approximate surface area is 142 Å². The van der Waals surface area contributed by atoms with Crippen molar-refractivity contribution in [1.29, 1.82) is 0 Å². The minimum absolute atomic E-state index is 0.255. The molecule has 2 heterocycles. The lowest BCUT2D eigenvalue weighted by Crippen LogP contribution is -2.57. The van der Waals surface area contributed by atoms with E-state index in [1.807, 2.05) is 4.90 Å². The average molecular weight is 341 g/mol. The average Bonchev–Trinajstić information content (AvgIpc) is 2.79. The van der Waals surface area contributed by atoms with E-state index < -0.39 is 11.9 Å². The zero-order valence-corrected chi connectivity index (χ0v) is 14.5. The van der Waals surface area contributed by atoms with E-state index >= 15 is 0 Å². The number of carbonyl (C=O) groups excluding carboxylic acids is 1. The molecule has 2 unspecified atom stereocenters. The van der Waals surface area contributed by atoms with Crippen LogP contribution in [0, 0.1) is 0 Å². The Hall–Kier alpha value is -2.09. The van der Waals surface area contributed by atoms with E-state index in [9.17, 15) is 14.4 Å². The fourth-order valence-electron chi connectivity index (χ4n) is 3.23. The monoisotopic (exact) mass is 341 g/mol. The number of carbonyl (C=O) groups is 3. The van der Waals surface area contributed by atoms with Crippen molar-refractivity contribution in [2.24, 2.45) is 0 Å². The normalized spacial score (nSPS) is 22.9. The molecule has 2 atom stereocenters. The summed E-state index contributed by atoms with van der Waals surface area (Å²) in [4.78, 5) is 37.9. The molecule has 0 aliphatic carbocycles. The first-order chi connectivity index (χ1) is 11.3. The van der Waals surface area contributed by atoms with Gasteiger partial charge in [-0.05, 0) is 33.7 Å². The molecule has 8 nitrogen and oxygen atoms in total. The highest BCUT2D eigenvalue weighted by atomic mass is 16.4. The van der Waals surface area contributed by atoms with Gasteiger partial charge in [0.1, 0.15) is 0 Å². The molecule has 0 saturated carbocycles. The van der Waals surface area contributed by atoms with E-state index in [0.717, 1.165) is 26.2 Å². The van der Waals surface area contributed by atoms with Crippen LogP contribution in [0.15, 0.2) is 12.2 Å². The van der Waals surface area contributed by atoms with E-state index in [4.69, 9.17) is 10.2 Å². The summed E-state index contributed by atoms with van der Waals surface area (Å²) >= 11 is 0. The van der Waals surface area contributed by atoms with E-state index in [-0.39, 0.29) is 6.03 Å². The van der Waals surface area contributed by atoms with Gasteiger partial charge in [0.25, 0.3) is 0 Å². The number of likely N-dealkylation sites (N-methyl/N-ethyl adjacent to an activating group) is 1. The van der Waals surface area contributed by atoms with Gasteiger partial charge in [-0.3, -0.25) is 0 Å². The molecular formula is C16H27N3O5. The van der Waals surface area contributed by atoms with Gasteiger partial charge in [-0.1, -0.05) is 0 Å². The first kappa shape index (κ1) is 20.0. The van der Waals surface area contributed by atoms with Gasteiger partial charge in [0.2, 0.25) is 0 Å². The van der Waals surface area contributed by atoms with Crippen molar-refractivity contribution < 1.29 is 24.6 Å². The van der Waals surface area contributed by atoms with Crippen molar-refractivity contribution in [3.63, 3.8) is 0 Å². The van der Waals surface area contributed by atoms with Gasteiger partial charge in [-0.15, -0.1) is 0 Å². The van der Waals surface area contributed by atoms with E-state index in [2.05, 4.69) is 30.7 Å². The molecule has 2 fully saturated rings. The van der Waals surface area contributed by atoms with Crippen molar-refractivity contribution in [2.75, 3.05) is 33.2 Å². The Morgan fingerprint density at radius 3 is 1.75 bits per heavy atom. The minimum Gasteiger partial charge on any atom is -0.478 e. The van der Waals surface area contributed by atoms with Gasteiger partial charge < -0.3 is 24.9 Å². The Morgan fingerprint density at radius 2 is 1.42 bits per heavy atom. The minimum atomic E-state index is -1.26. The number of fused-ring (bicyclic) bond motifs is 2. The summed E-state index contributed by atoms with van der Waals surface area (Å²) in [5.74, 6) is -2.51. The zero-order chi connectivity index (χ0) is 18.3. The first-order valence-corrected chi connectivity index (χ1v) is 8.19. The highest BCUT2D eigenvalue weighted by molar-refractivity contribution is 5.89. The second-order valence-electron chi connectivity index (χ2n) is 5.98. The Morgan fingerprint density at radius 1 is 1.00 bits per heavy atom. The van der Waals surface area contributed by atoms with Gasteiger partial charge in [-0.2, -0.15) is 0 Å². The fraction of sp³-hybridized carbons (Fsp3) is 0.688. The van der Waals surface area contributed by atoms with Gasteiger partial charge >= 0.3 is 18.0 Å². The molecule has 2 amide bonds. The largest absolute Gasteiger partial charge is 0.478 e. The molecule has 0 aromatic carbocycles. The van der Waals surface area contributed by atoms with Crippen LogP contribution in [0.4, 0.5) is 4.79 Å². The first-order valence-electron chi connectivity index (χ1n) is 8.19. The van der Waals surface area contributed by atoms with Crippen LogP contribution in [-0.2, 0) is 9.59 Å². The topological polar surface area (TPSA) is 101 Å². The molecular weight excluding hydrogens is 314 g/mol. The molecule has 2 aliphatic rings. The maximum Gasteiger partial charge on any atom is 0.328 e. The SMILES string of the molecule is CCN(CC)C(=O)N1C2CCC1CN(C)C2.O=C(O)C=CC(=O)O. The maximum absolute atomic E-state index is 12.4. The standard InChI is InChI=1S/C12H23N3O.C4H4O4/c1-4-14(5-2)12(16)15-10-6-7-11(15)9-13(3)8-10;5-3(6)1-2-4(7)8/h10-11H,4-9H2,1-3H3;1-2H,(H,5,6)(H,7,8). The molecule has 0 radical (unpaired) electrons. The molecule has 2 bridgehead atoms. The number of rotatable bonds is 4. The number of nitrogens with zero attached hydrogens (tertiary/aromatic N) is 3. The van der Waals surface area contributed by atoms with E-state index in [0.29, 0.717) is 24.2 Å². The van der Waals surface area contributed by atoms with Crippen molar-refractivity contribution in [3.8, 4) is 0 Å². The van der Waals surface area contributed by atoms with Gasteiger partial charge in [0.15, 0.2) is 0 Å². The number of hydrogen-bond donors (Lipinski definition) is 2. The number of hydrogen-bond acceptors (Lipinski definition) is 4. The number of likely N-dealkylation sites (tertiary alicyclic amines) is 1. The summed E-state index contributed by atoms with van der Waals surface area (Å²) in [5, 5.41) is 15.6. The lowest BCUT2D eigenvalue weighted by molar-refractivity contribution is -0.134. The number of carboxylic acid groups (broad SMARTS) is 2. The number of urea groups is 1. The second kappa shape index (κ2) is 9.27. The van der Waals surface area contributed by atoms with Crippen LogP contribution in [0.2, 0.25) is 0 Å². The van der Waals surface area contributed by atoms with Crippen LogP contribution in [0.5, 0.6) is 0 Å². The zero-order valence-electron chi connectivity index (χ0n) is 14.5. The van der Waals surface area contributed by atoms with Gasteiger partial charge in [-0.25, -0.2) is 14.4 Å². The van der Waals surface area contributed by atoms with Crippen LogP contribution in [0.1, 0.15) is 26.7 Å². The summed E-state index contributed by atoms with van der Waals surface area (Å²) in [6, 6.07) is 1.17. The van der Waals surface area contributed by atoms with Crippen molar-refractivity contribution >= 4 is 18.0 Å². The third-order valence-corrected chi connectivity index (χ3v) is 4.29. The summed E-state index contributed by atoms with van der Waals surface area (Å²) in [5.41, 5.74) is 0. The lowest BCUT2D eigenvalue weighted by Gasteiger charge is -2.41. The van der Waals surface area contributed by atoms with Crippen molar-refractivity contribution in [3.05, 3.63) is 12.2 Å². The van der Waals surface area contributed by atoms with Gasteiger partial charge in [0.05, 0.1) is 0 Å². The summed E-state index contributed by atoms with van der Waals surface area (Å²) < 4.78 is 0. The molecule has 2 N–H and O–H groups in total. The summed E-state index contributed by atoms with van der Waals surface area (Å²) in [6.07, 6.45) is 3.48. The second-order valence-corrected chi connectivity index (χ2v) is 5.98. The van der Waals surface area contributed by atoms with E-state index in [1.165, 1.54) is 12.8 Å². The van der Waals surface area contributed by atoms with Crippen LogP contribution < -0.4 is 0 Å². The maximum atomic E-state index is 12.4. The Kier molecular flexibility index (Phi) is 7.70. The molecule has 24 heavy (non-hydrogen) atoms. The lowest BCUT2D eigenvalue weighted by atomic mass is 10.2. The predicted molar refractivity (Wildman–Crippen MR) is 88.9 cm³/mol. The third kappa shape index (κ3) is 5.52. The Balaban J connectivity index is 0.000000307. The Bertz CT molecular complexity index is 460. The molecule has 2 aliphatic heterocycles. The predicted octanol–water partition coefficient (Wildman–Crippen LogP) is 0.938. The van der Waals surface area contributed by atoms with Crippen LogP contribution in [0.25, 0.3) is 0 Å². The van der Waals surface area contributed by atoms with Crippen molar-refractivity contribution in [1.82, 2.24) is 14.7 Å². The molecule has 8 heteroatoms. The quantitative estimate of drug-likeness (QED) is 0.738. The molecule has 0 aromatic rings. The van der Waals surface area contributed by atoms with Crippen LogP contribution in [-0.4, -0.2) is 88.2 Å². The molecule has 2 saturated heterocycles. The summed E-state index contributed by atoms with van der Waals surface area (Å²) in [7, 11) is 2.16. The highest BCUT2D eigenvalue weighted by Gasteiger charge is 2.42. The van der Waals surface area contributed by atoms with Gasteiger partial charge in [0, 0.05) is 50.4 Å². The highest BCUT2D eigenvalue weighted by Crippen LogP contribution is 2.30. The van der Waals surface area contributed by atoms with Crippen LogP contribution >= 0.6 is 0 Å². The van der Waals surface area contributed by atoms with Crippen molar-refractivity contribution in [2.45, 2.75) is 38.8 Å². The molecule has 136 valence electrons. The molecule has 2 rings (SSSR count). The molecule has 0 spiro atoms. The van der Waals surface area contributed by atoms with Crippen LogP contribution in [0.3, 0.4) is 0 Å². The summed E-state index contributed by atoms with van der Waals surface area (Å²) in [6.45, 7) is 7.84. The smallest absolute Gasteiger partial charge is 0.328 e. The number of piperazine rings is 1. The number of amides is 2. The third-order valence-electron chi connectivity index (χ3n) is 4.29. The number of aliphatic carboxylic acids is 2. The molecule has 0 aromatic heterocycles. The van der Waals surface area contributed by atoms with E-state index in [1.54, 1.807) is 0 Å². The number of carboxylic acids is 2. The fourth-order valence-corrected chi connectivity index (χ4v) is 3.23.